The van der Waals surface area contributed by atoms with Crippen LogP contribution in [0.5, 0.6) is 23.0 Å². The highest BCUT2D eigenvalue weighted by Crippen LogP contribution is 2.26. The van der Waals surface area contributed by atoms with Gasteiger partial charge >= 0.3 is 11.9 Å². The fraction of sp³-hybridized carbons (Fsp3) is 0.343. The van der Waals surface area contributed by atoms with Crippen LogP contribution in [0.2, 0.25) is 0 Å². The Kier molecular flexibility index (Phi) is 25.0. The second-order valence-electron chi connectivity index (χ2n) is 20.5. The van der Waals surface area contributed by atoms with Gasteiger partial charge in [-0.15, -0.1) is 0 Å². The number of carbonyl (C=O) groups is 2. The molecule has 10 heteroatoms. The van der Waals surface area contributed by atoms with Crippen molar-refractivity contribution in [3.05, 3.63) is 192 Å². The van der Waals surface area contributed by atoms with Gasteiger partial charge < -0.3 is 28.4 Å². The van der Waals surface area contributed by atoms with Crippen LogP contribution in [0.1, 0.15) is 137 Å². The predicted molar refractivity (Wildman–Crippen MR) is 325 cm³/mol. The van der Waals surface area contributed by atoms with Crippen molar-refractivity contribution in [3.8, 4) is 45.3 Å². The number of hydrogen-bond donors (Lipinski definition) is 0. The molecule has 7 aromatic carbocycles. The molecular formula is C70H80N2O8. The number of hydrogen-bond acceptors (Lipinski definition) is 10. The molecule has 2 atom stereocenters. The number of benzene rings is 7. The van der Waals surface area contributed by atoms with E-state index in [0.29, 0.717) is 62.6 Å². The molecule has 7 aromatic rings. The van der Waals surface area contributed by atoms with E-state index in [-0.39, 0.29) is 11.9 Å². The summed E-state index contributed by atoms with van der Waals surface area (Å²) >= 11 is 0. The fourth-order valence-electron chi connectivity index (χ4n) is 8.38. The summed E-state index contributed by atoms with van der Waals surface area (Å²) in [7, 11) is 0. The third kappa shape index (κ3) is 21.0. The number of carbonyl (C=O) groups excluding carboxylic acids is 2. The van der Waals surface area contributed by atoms with Crippen molar-refractivity contribution in [2.24, 2.45) is 21.8 Å². The maximum absolute atomic E-state index is 12.3. The van der Waals surface area contributed by atoms with Gasteiger partial charge in [-0.25, -0.2) is 9.59 Å². The SMILES string of the molecule is CCC(C)COC(=O)c1ccc(-c2ccc(OCCCCCCCOc3ccc(C=Nc4ccc(N=Cc5ccc(OCCCCCCCOc6ccc(-c7ccc(C(=O)OCC(C)CC)cc7)cc6)cc5)cc4)cc3)cc2)cc1. The van der Waals surface area contributed by atoms with Crippen LogP contribution in [-0.2, 0) is 9.47 Å². The number of unbranched alkanes of at least 4 members (excludes halogenated alkanes) is 8. The predicted octanol–water partition coefficient (Wildman–Crippen LogP) is 17.7. The minimum atomic E-state index is -0.276. The molecule has 80 heavy (non-hydrogen) atoms. The zero-order valence-electron chi connectivity index (χ0n) is 47.4. The lowest BCUT2D eigenvalue weighted by Gasteiger charge is -2.10. The number of esters is 2. The standard InChI is InChI=1S/C70H80N2O8/c1-5-53(3)51-79-69(73)61-25-21-57(22-26-61)59-29-41-67(42-30-59)77-47-15-11-7-9-13-45-75-65-37-17-55(18-38-65)49-71-63-33-35-64(36-34-63)72-50-56-19-39-66(40-20-56)76-46-14-10-8-12-16-48-78-68-43-31-60(32-44-68)58-23-27-62(28-24-58)70(74)80-52-54(4)6-2/h17-44,49-50,53-54H,5-16,45-48,51-52H2,1-4H3. The van der Waals surface area contributed by atoms with Gasteiger partial charge in [0.05, 0.1) is 62.1 Å². The Labute approximate surface area is 475 Å². The Hall–Kier alpha value is -7.98. The normalized spacial score (nSPS) is 12.1. The summed E-state index contributed by atoms with van der Waals surface area (Å²) < 4.78 is 34.9. The fourth-order valence-corrected chi connectivity index (χ4v) is 8.38. The quantitative estimate of drug-likeness (QED) is 0.0223. The van der Waals surface area contributed by atoms with Gasteiger partial charge in [-0.1, -0.05) is 128 Å². The van der Waals surface area contributed by atoms with E-state index < -0.39 is 0 Å². The average molecular weight is 1080 g/mol. The summed E-state index contributed by atoms with van der Waals surface area (Å²) in [5.41, 5.74) is 9.10. The molecule has 0 spiro atoms. The maximum Gasteiger partial charge on any atom is 0.338 e. The Balaban J connectivity index is 0.678. The largest absolute Gasteiger partial charge is 0.494 e. The van der Waals surface area contributed by atoms with E-state index in [1.54, 1.807) is 0 Å². The summed E-state index contributed by atoms with van der Waals surface area (Å²) in [5, 5.41) is 0. The average Bonchev–Trinajstić information content (AvgIpc) is 3.51. The third-order valence-electron chi connectivity index (χ3n) is 14.0. The van der Waals surface area contributed by atoms with Crippen LogP contribution >= 0.6 is 0 Å². The molecule has 0 aliphatic rings. The molecule has 0 saturated heterocycles. The topological polar surface area (TPSA) is 114 Å². The lowest BCUT2D eigenvalue weighted by molar-refractivity contribution is 0.0438. The van der Waals surface area contributed by atoms with Gasteiger partial charge in [-0.05, 0) is 192 Å². The first kappa shape index (κ1) is 59.7. The monoisotopic (exact) mass is 1080 g/mol. The van der Waals surface area contributed by atoms with Gasteiger partial charge in [0.1, 0.15) is 23.0 Å². The number of ether oxygens (including phenoxy) is 6. The second kappa shape index (κ2) is 33.5. The summed E-state index contributed by atoms with van der Waals surface area (Å²) in [4.78, 5) is 34.0. The first-order chi connectivity index (χ1) is 39.2. The molecule has 0 aliphatic heterocycles. The Bertz CT molecular complexity index is 2730. The van der Waals surface area contributed by atoms with E-state index in [4.69, 9.17) is 28.4 Å². The van der Waals surface area contributed by atoms with Gasteiger partial charge in [-0.2, -0.15) is 0 Å². The van der Waals surface area contributed by atoms with Gasteiger partial charge in [0.25, 0.3) is 0 Å². The minimum absolute atomic E-state index is 0.276. The highest BCUT2D eigenvalue weighted by Gasteiger charge is 2.12. The molecule has 0 bridgehead atoms. The molecule has 0 aliphatic carbocycles. The molecule has 0 heterocycles. The van der Waals surface area contributed by atoms with E-state index >= 15 is 0 Å². The molecule has 0 radical (unpaired) electrons. The molecule has 10 nitrogen and oxygen atoms in total. The van der Waals surface area contributed by atoms with Crippen molar-refractivity contribution in [3.63, 3.8) is 0 Å². The highest BCUT2D eigenvalue weighted by atomic mass is 16.5. The van der Waals surface area contributed by atoms with Gasteiger partial charge in [0.2, 0.25) is 0 Å². The van der Waals surface area contributed by atoms with Crippen molar-refractivity contribution in [2.45, 2.75) is 105 Å². The van der Waals surface area contributed by atoms with E-state index in [2.05, 4.69) is 61.9 Å². The van der Waals surface area contributed by atoms with Crippen molar-refractivity contribution in [2.75, 3.05) is 39.6 Å². The Morgan fingerprint density at radius 2 is 0.625 bits per heavy atom. The van der Waals surface area contributed by atoms with Crippen LogP contribution in [-0.4, -0.2) is 64.0 Å². The number of aliphatic imine (C=N–C) groups is 2. The number of rotatable bonds is 34. The molecule has 2 unspecified atom stereocenters. The molecule has 0 aromatic heterocycles. The summed E-state index contributed by atoms with van der Waals surface area (Å²) in [5.74, 6) is 3.61. The molecule has 0 amide bonds. The van der Waals surface area contributed by atoms with Crippen molar-refractivity contribution < 1.29 is 38.0 Å². The van der Waals surface area contributed by atoms with Crippen molar-refractivity contribution in [1.29, 1.82) is 0 Å². The van der Waals surface area contributed by atoms with Gasteiger partial charge in [0, 0.05) is 12.4 Å². The zero-order valence-corrected chi connectivity index (χ0v) is 47.4. The lowest BCUT2D eigenvalue weighted by atomic mass is 10.0. The third-order valence-corrected chi connectivity index (χ3v) is 14.0. The van der Waals surface area contributed by atoms with Gasteiger partial charge in [-0.3, -0.25) is 9.98 Å². The van der Waals surface area contributed by atoms with Crippen LogP contribution < -0.4 is 18.9 Å². The van der Waals surface area contributed by atoms with Crippen molar-refractivity contribution >= 4 is 35.7 Å². The Morgan fingerprint density at radius 1 is 0.362 bits per heavy atom. The van der Waals surface area contributed by atoms with E-state index in [1.165, 1.54) is 0 Å². The second-order valence-corrected chi connectivity index (χ2v) is 20.5. The number of nitrogens with zero attached hydrogens (tertiary/aromatic N) is 2. The molecular weight excluding hydrogens is 997 g/mol. The maximum atomic E-state index is 12.3. The zero-order chi connectivity index (χ0) is 56.0. The summed E-state index contributed by atoms with van der Waals surface area (Å²) in [6.45, 7) is 12.0. The van der Waals surface area contributed by atoms with E-state index in [9.17, 15) is 9.59 Å². The van der Waals surface area contributed by atoms with E-state index in [1.807, 2.05) is 158 Å². The Morgan fingerprint density at radius 3 is 0.912 bits per heavy atom. The molecule has 0 fully saturated rings. The molecule has 7 rings (SSSR count). The van der Waals surface area contributed by atoms with Crippen LogP contribution in [0.15, 0.2) is 180 Å². The van der Waals surface area contributed by atoms with Crippen LogP contribution in [0, 0.1) is 11.8 Å². The highest BCUT2D eigenvalue weighted by molar-refractivity contribution is 5.91. The van der Waals surface area contributed by atoms with Crippen LogP contribution in [0.3, 0.4) is 0 Å². The summed E-state index contributed by atoms with van der Waals surface area (Å²) in [6.07, 6.45) is 16.5. The lowest BCUT2D eigenvalue weighted by Crippen LogP contribution is -2.11. The minimum Gasteiger partial charge on any atom is -0.494 e. The smallest absolute Gasteiger partial charge is 0.338 e. The van der Waals surface area contributed by atoms with Crippen molar-refractivity contribution in [1.82, 2.24) is 0 Å². The molecule has 0 saturated carbocycles. The molecule has 418 valence electrons. The van der Waals surface area contributed by atoms with Crippen LogP contribution in [0.4, 0.5) is 11.4 Å². The first-order valence-electron chi connectivity index (χ1n) is 28.9. The molecule has 0 N–H and O–H groups in total. The van der Waals surface area contributed by atoms with Gasteiger partial charge in [0.15, 0.2) is 0 Å². The first-order valence-corrected chi connectivity index (χ1v) is 28.9. The van der Waals surface area contributed by atoms with Crippen LogP contribution in [0.25, 0.3) is 22.3 Å². The van der Waals surface area contributed by atoms with E-state index in [0.717, 1.165) is 145 Å². The summed E-state index contributed by atoms with van der Waals surface area (Å²) in [6, 6.07) is 55.3.